The van der Waals surface area contributed by atoms with Crippen LogP contribution >= 0.6 is 0 Å². The third-order valence-corrected chi connectivity index (χ3v) is 4.90. The number of aliphatic imine (C=N–C) groups is 1. The lowest BCUT2D eigenvalue weighted by atomic mass is 10.1. The van der Waals surface area contributed by atoms with Crippen molar-refractivity contribution in [2.75, 3.05) is 39.3 Å². The highest BCUT2D eigenvalue weighted by Gasteiger charge is 2.09. The normalized spacial score (nSPS) is 16.2. The summed E-state index contributed by atoms with van der Waals surface area (Å²) < 4.78 is 13.5. The van der Waals surface area contributed by atoms with Crippen molar-refractivity contribution in [3.8, 4) is 0 Å². The lowest BCUT2D eigenvalue weighted by molar-refractivity contribution is 0.235. The summed E-state index contributed by atoms with van der Waals surface area (Å²) in [6.45, 7) is 7.93. The number of rotatable bonds is 7. The Balaban J connectivity index is 1.49. The maximum Gasteiger partial charge on any atom is 0.191 e. The Kier molecular flexibility index (Phi) is 6.89. The van der Waals surface area contributed by atoms with Gasteiger partial charge in [-0.25, -0.2) is 4.39 Å². The Bertz CT molecular complexity index is 718. The number of benzene rings is 1. The van der Waals surface area contributed by atoms with Crippen LogP contribution < -0.4 is 10.6 Å². The molecule has 1 aromatic heterocycles. The second kappa shape index (κ2) is 9.57. The SMILES string of the molecule is CCNC(=NCCN1CCCCC1)NCCc1c[nH]c2ccc(F)cc12. The Morgan fingerprint density at radius 3 is 2.88 bits per heavy atom. The quantitative estimate of drug-likeness (QED) is 0.526. The van der Waals surface area contributed by atoms with E-state index in [-0.39, 0.29) is 5.82 Å². The Labute approximate surface area is 155 Å². The van der Waals surface area contributed by atoms with Crippen LogP contribution in [-0.4, -0.2) is 55.1 Å². The van der Waals surface area contributed by atoms with E-state index in [2.05, 4.69) is 32.4 Å². The van der Waals surface area contributed by atoms with Crippen LogP contribution in [-0.2, 0) is 6.42 Å². The van der Waals surface area contributed by atoms with Crippen molar-refractivity contribution in [3.05, 3.63) is 35.8 Å². The van der Waals surface area contributed by atoms with E-state index in [0.29, 0.717) is 0 Å². The molecule has 6 heteroatoms. The van der Waals surface area contributed by atoms with E-state index >= 15 is 0 Å². The molecule has 5 nitrogen and oxygen atoms in total. The first-order valence-corrected chi connectivity index (χ1v) is 9.76. The largest absolute Gasteiger partial charge is 0.361 e. The summed E-state index contributed by atoms with van der Waals surface area (Å²) in [5.41, 5.74) is 2.10. The summed E-state index contributed by atoms with van der Waals surface area (Å²) in [7, 11) is 0. The molecular formula is C20H30FN5. The van der Waals surface area contributed by atoms with Crippen molar-refractivity contribution < 1.29 is 4.39 Å². The molecule has 2 heterocycles. The van der Waals surface area contributed by atoms with E-state index in [9.17, 15) is 4.39 Å². The van der Waals surface area contributed by atoms with Crippen LogP contribution in [0.4, 0.5) is 4.39 Å². The Morgan fingerprint density at radius 1 is 1.23 bits per heavy atom. The molecule has 0 bridgehead atoms. The molecule has 0 aliphatic carbocycles. The van der Waals surface area contributed by atoms with Crippen molar-refractivity contribution >= 4 is 16.9 Å². The molecule has 2 aromatic rings. The first kappa shape index (κ1) is 18.7. The van der Waals surface area contributed by atoms with Gasteiger partial charge in [-0.05, 0) is 63.0 Å². The lowest BCUT2D eigenvalue weighted by Gasteiger charge is -2.25. The number of halogens is 1. The molecular weight excluding hydrogens is 329 g/mol. The van der Waals surface area contributed by atoms with Crippen molar-refractivity contribution in [1.29, 1.82) is 0 Å². The second-order valence-corrected chi connectivity index (χ2v) is 6.84. The average Bonchev–Trinajstić information content (AvgIpc) is 3.05. The molecule has 1 saturated heterocycles. The summed E-state index contributed by atoms with van der Waals surface area (Å²) in [5, 5.41) is 7.65. The minimum Gasteiger partial charge on any atom is -0.361 e. The number of aromatic nitrogens is 1. The van der Waals surface area contributed by atoms with E-state index in [1.165, 1.54) is 38.4 Å². The van der Waals surface area contributed by atoms with Crippen molar-refractivity contribution in [2.45, 2.75) is 32.6 Å². The molecule has 1 aromatic carbocycles. The van der Waals surface area contributed by atoms with Gasteiger partial charge in [-0.2, -0.15) is 0 Å². The summed E-state index contributed by atoms with van der Waals surface area (Å²) in [6, 6.07) is 4.87. The minimum atomic E-state index is -0.195. The predicted molar refractivity (Wildman–Crippen MR) is 106 cm³/mol. The Hall–Kier alpha value is -2.08. The third kappa shape index (κ3) is 5.21. The number of fused-ring (bicyclic) bond motifs is 1. The van der Waals surface area contributed by atoms with Crippen molar-refractivity contribution in [1.82, 2.24) is 20.5 Å². The zero-order chi connectivity index (χ0) is 18.2. The van der Waals surface area contributed by atoms with Gasteiger partial charge in [-0.1, -0.05) is 6.42 Å². The number of hydrogen-bond donors (Lipinski definition) is 3. The number of H-pyrrole nitrogens is 1. The fourth-order valence-corrected chi connectivity index (χ4v) is 3.50. The van der Waals surface area contributed by atoms with Gasteiger partial charge in [-0.15, -0.1) is 0 Å². The molecule has 0 unspecified atom stereocenters. The molecule has 1 aliphatic rings. The summed E-state index contributed by atoms with van der Waals surface area (Å²) in [5.74, 6) is 0.662. The van der Waals surface area contributed by atoms with Crippen LogP contribution in [0.2, 0.25) is 0 Å². The standard InChI is InChI=1S/C20H30FN5/c1-2-22-20(24-10-13-26-11-4-3-5-12-26)23-9-8-16-15-25-19-7-6-17(21)14-18(16)19/h6-7,14-15,25H,2-5,8-13H2,1H3,(H2,22,23,24). The van der Waals surface area contributed by atoms with Gasteiger partial charge in [0, 0.05) is 36.7 Å². The van der Waals surface area contributed by atoms with Gasteiger partial charge in [0.2, 0.25) is 0 Å². The lowest BCUT2D eigenvalue weighted by Crippen LogP contribution is -2.39. The molecule has 0 spiro atoms. The zero-order valence-electron chi connectivity index (χ0n) is 15.7. The maximum atomic E-state index is 13.5. The van der Waals surface area contributed by atoms with E-state index in [0.717, 1.165) is 55.0 Å². The fourth-order valence-electron chi connectivity index (χ4n) is 3.50. The first-order valence-electron chi connectivity index (χ1n) is 9.76. The van der Waals surface area contributed by atoms with Crippen LogP contribution in [0.5, 0.6) is 0 Å². The number of likely N-dealkylation sites (tertiary alicyclic amines) is 1. The highest BCUT2D eigenvalue weighted by molar-refractivity contribution is 5.83. The molecule has 1 aliphatic heterocycles. The van der Waals surface area contributed by atoms with Gasteiger partial charge in [-0.3, -0.25) is 4.99 Å². The number of guanidine groups is 1. The van der Waals surface area contributed by atoms with Gasteiger partial charge in [0.1, 0.15) is 5.82 Å². The molecule has 3 N–H and O–H groups in total. The van der Waals surface area contributed by atoms with Gasteiger partial charge in [0.25, 0.3) is 0 Å². The second-order valence-electron chi connectivity index (χ2n) is 6.84. The molecule has 1 fully saturated rings. The van der Waals surface area contributed by atoms with Crippen molar-refractivity contribution in [2.24, 2.45) is 4.99 Å². The van der Waals surface area contributed by atoms with Crippen LogP contribution in [0, 0.1) is 5.82 Å². The molecule has 142 valence electrons. The zero-order valence-corrected chi connectivity index (χ0v) is 15.7. The van der Waals surface area contributed by atoms with Gasteiger partial charge >= 0.3 is 0 Å². The summed E-state index contributed by atoms with van der Waals surface area (Å²) in [6.07, 6.45) is 6.77. The molecule has 26 heavy (non-hydrogen) atoms. The van der Waals surface area contributed by atoms with Crippen molar-refractivity contribution in [3.63, 3.8) is 0 Å². The highest BCUT2D eigenvalue weighted by atomic mass is 19.1. The molecule has 0 saturated carbocycles. The third-order valence-electron chi connectivity index (χ3n) is 4.90. The summed E-state index contributed by atoms with van der Waals surface area (Å²) >= 11 is 0. The fraction of sp³-hybridized carbons (Fsp3) is 0.550. The monoisotopic (exact) mass is 359 g/mol. The first-order chi connectivity index (χ1) is 12.8. The number of nitrogens with zero attached hydrogens (tertiary/aromatic N) is 2. The van der Waals surface area contributed by atoms with Crippen LogP contribution in [0.15, 0.2) is 29.4 Å². The van der Waals surface area contributed by atoms with Gasteiger partial charge in [0.05, 0.1) is 6.54 Å². The van der Waals surface area contributed by atoms with Crippen LogP contribution in [0.25, 0.3) is 10.9 Å². The smallest absolute Gasteiger partial charge is 0.191 e. The number of nitrogens with one attached hydrogen (secondary N) is 3. The van der Waals surface area contributed by atoms with E-state index in [4.69, 9.17) is 0 Å². The molecule has 0 amide bonds. The van der Waals surface area contributed by atoms with Gasteiger partial charge in [0.15, 0.2) is 5.96 Å². The molecule has 3 rings (SSSR count). The molecule has 0 radical (unpaired) electrons. The molecule has 0 atom stereocenters. The maximum absolute atomic E-state index is 13.5. The number of hydrogen-bond acceptors (Lipinski definition) is 2. The van der Waals surface area contributed by atoms with Gasteiger partial charge < -0.3 is 20.5 Å². The van der Waals surface area contributed by atoms with E-state index in [1.54, 1.807) is 12.1 Å². The topological polar surface area (TPSA) is 55.5 Å². The average molecular weight is 359 g/mol. The highest BCUT2D eigenvalue weighted by Crippen LogP contribution is 2.19. The van der Waals surface area contributed by atoms with E-state index < -0.39 is 0 Å². The van der Waals surface area contributed by atoms with Crippen LogP contribution in [0.1, 0.15) is 31.7 Å². The number of aromatic amines is 1. The Morgan fingerprint density at radius 2 is 2.08 bits per heavy atom. The summed E-state index contributed by atoms with van der Waals surface area (Å²) in [4.78, 5) is 10.4. The minimum absolute atomic E-state index is 0.195. The predicted octanol–water partition coefficient (Wildman–Crippen LogP) is 2.89. The number of piperidine rings is 1. The van der Waals surface area contributed by atoms with Crippen LogP contribution in [0.3, 0.4) is 0 Å². The van der Waals surface area contributed by atoms with E-state index in [1.807, 2.05) is 6.20 Å².